The lowest BCUT2D eigenvalue weighted by Gasteiger charge is -2.22. The molecule has 0 radical (unpaired) electrons. The summed E-state index contributed by atoms with van der Waals surface area (Å²) in [6.45, 7) is 4.69. The van der Waals surface area contributed by atoms with E-state index in [-0.39, 0.29) is 5.41 Å². The van der Waals surface area contributed by atoms with Crippen LogP contribution in [0.3, 0.4) is 0 Å². The lowest BCUT2D eigenvalue weighted by atomic mass is 9.81. The van der Waals surface area contributed by atoms with E-state index in [2.05, 4.69) is 422 Å². The molecule has 5 heteroatoms. The topological polar surface area (TPSA) is 41.1 Å². The van der Waals surface area contributed by atoms with Crippen molar-refractivity contribution in [2.45, 2.75) is 19.3 Å². The Labute approximate surface area is 702 Å². The Morgan fingerprint density at radius 3 is 1.08 bits per heavy atom. The first-order valence-electron chi connectivity index (χ1n) is 42.2. The van der Waals surface area contributed by atoms with E-state index in [0.717, 1.165) is 66.4 Å². The molecule has 5 aromatic heterocycles. The average Bonchev–Trinajstić information content (AvgIpc) is 1.55. The van der Waals surface area contributed by atoms with Crippen LogP contribution in [0.5, 0.6) is 0 Å². The molecule has 0 N–H and O–H groups in total. The van der Waals surface area contributed by atoms with Crippen LogP contribution in [0.15, 0.2) is 427 Å². The Balaban J connectivity index is 0.000000102. The number of aromatic nitrogens is 3. The highest BCUT2D eigenvalue weighted by atomic mass is 16.3. The first-order chi connectivity index (χ1) is 60.3. The van der Waals surface area contributed by atoms with Crippen molar-refractivity contribution in [3.8, 4) is 61.6 Å². The van der Waals surface area contributed by atoms with Gasteiger partial charge in [0.05, 0.1) is 33.1 Å². The van der Waals surface area contributed by atoms with Crippen molar-refractivity contribution in [1.82, 2.24) is 13.7 Å². The van der Waals surface area contributed by atoms with Crippen molar-refractivity contribution in [2.24, 2.45) is 0 Å². The number of benzene rings is 21. The quantitative estimate of drug-likeness (QED) is 0.166. The van der Waals surface area contributed by atoms with Gasteiger partial charge in [-0.25, -0.2) is 0 Å². The third-order valence-electron chi connectivity index (χ3n) is 26.3. The third-order valence-corrected chi connectivity index (χ3v) is 26.3. The molecule has 26 aromatic rings. The number of nitrogens with zero attached hydrogens (tertiary/aromatic N) is 3. The maximum atomic E-state index is 6.39. The van der Waals surface area contributed by atoms with Crippen LogP contribution in [0.1, 0.15) is 25.0 Å². The van der Waals surface area contributed by atoms with Crippen molar-refractivity contribution in [3.05, 3.63) is 430 Å². The second-order valence-corrected chi connectivity index (χ2v) is 33.2. The fourth-order valence-corrected chi connectivity index (χ4v) is 20.7. The second-order valence-electron chi connectivity index (χ2n) is 33.2. The predicted molar refractivity (Wildman–Crippen MR) is 516 cm³/mol. The van der Waals surface area contributed by atoms with Gasteiger partial charge >= 0.3 is 0 Å². The maximum absolute atomic E-state index is 6.39. The van der Waals surface area contributed by atoms with E-state index in [1.54, 1.807) is 0 Å². The van der Waals surface area contributed by atoms with E-state index in [1.807, 2.05) is 24.3 Å². The smallest absolute Gasteiger partial charge is 0.143 e. The monoisotopic (exact) mass is 1550 g/mol. The molecule has 0 saturated heterocycles. The molecule has 0 aliphatic heterocycles. The van der Waals surface area contributed by atoms with Gasteiger partial charge in [0.2, 0.25) is 0 Å². The summed E-state index contributed by atoms with van der Waals surface area (Å²) in [5.74, 6) is 0. The lowest BCUT2D eigenvalue weighted by Crippen LogP contribution is -2.14. The van der Waals surface area contributed by atoms with Crippen molar-refractivity contribution in [1.29, 1.82) is 0 Å². The van der Waals surface area contributed by atoms with Gasteiger partial charge in [0.15, 0.2) is 0 Å². The summed E-state index contributed by atoms with van der Waals surface area (Å²) in [4.78, 5) is 0. The van der Waals surface area contributed by atoms with Gasteiger partial charge in [-0.2, -0.15) is 0 Å². The lowest BCUT2D eigenvalue weighted by molar-refractivity contribution is 0.660. The van der Waals surface area contributed by atoms with Gasteiger partial charge in [-0.05, 0) is 212 Å². The minimum absolute atomic E-state index is 0.00357. The fourth-order valence-electron chi connectivity index (χ4n) is 20.7. The molecule has 0 bridgehead atoms. The van der Waals surface area contributed by atoms with E-state index in [9.17, 15) is 0 Å². The highest BCUT2D eigenvalue weighted by molar-refractivity contribution is 6.32. The highest BCUT2D eigenvalue weighted by Gasteiger charge is 2.35. The fraction of sp³-hybridized carbons (Fsp3) is 0.0256. The zero-order valence-electron chi connectivity index (χ0n) is 67.0. The van der Waals surface area contributed by atoms with E-state index >= 15 is 0 Å². The van der Waals surface area contributed by atoms with E-state index < -0.39 is 0 Å². The van der Waals surface area contributed by atoms with Crippen LogP contribution in [-0.2, 0) is 5.41 Å². The number of rotatable bonds is 6. The van der Waals surface area contributed by atoms with Crippen LogP contribution in [0, 0.1) is 0 Å². The Bertz CT molecular complexity index is 8670. The largest absolute Gasteiger partial charge is 0.456 e. The molecule has 21 aromatic carbocycles. The standard InChI is InChI=1S/C44H27NO.C41H29N.C32H19NO/c1-2-11-28(12-3-1)38-27-40-43(36-17-7-6-15-34(36)38)42-32-14-5-4-13-29(32)23-26-39(42)45(40)31-24-21-30(22-25-31)33-18-10-19-37-35-16-8-9-20-41(35)46-44(33)37;1-41(2)35-14-8-7-13-33(35)34-22-17-29(25-36(34)41)26-15-20-30(21-16-26)42-37-23-18-27-9-3-5-11-31(27)39(37)40-32-12-6-4-10-28(32)19-24-38(40)42;1-3-9-23-20(7-1)13-16-27-31(23)32-24-10-4-2-8-21(24)14-17-28(32)33(27)22-15-18-30-26(19-22)25-11-5-6-12-29(25)34-30/h1-27H;3-25H,1-2H3;1-19H. The molecule has 5 heterocycles. The molecule has 0 fully saturated rings. The number of para-hydroxylation sites is 3. The number of fused-ring (bicyclic) bond motifs is 30. The van der Waals surface area contributed by atoms with Crippen LogP contribution < -0.4 is 0 Å². The van der Waals surface area contributed by atoms with Crippen molar-refractivity contribution in [3.63, 3.8) is 0 Å². The third kappa shape index (κ3) is 10.6. The average molecular weight is 1550 g/mol. The van der Waals surface area contributed by atoms with Gasteiger partial charge in [0.25, 0.3) is 0 Å². The number of hydrogen-bond acceptors (Lipinski definition) is 2. The van der Waals surface area contributed by atoms with Gasteiger partial charge in [-0.15, -0.1) is 0 Å². The summed E-state index contributed by atoms with van der Waals surface area (Å²) >= 11 is 0. The van der Waals surface area contributed by atoms with Gasteiger partial charge < -0.3 is 22.5 Å². The molecule has 0 amide bonds. The van der Waals surface area contributed by atoms with Gasteiger partial charge in [-0.1, -0.05) is 335 Å². The minimum atomic E-state index is -0.00357. The van der Waals surface area contributed by atoms with E-state index in [4.69, 9.17) is 8.83 Å². The van der Waals surface area contributed by atoms with E-state index in [1.165, 1.54) is 180 Å². The summed E-state index contributed by atoms with van der Waals surface area (Å²) in [7, 11) is 0. The van der Waals surface area contributed by atoms with Gasteiger partial charge in [0, 0.05) is 81.9 Å². The van der Waals surface area contributed by atoms with Gasteiger partial charge in [0.1, 0.15) is 22.3 Å². The normalized spacial score (nSPS) is 12.6. The zero-order valence-corrected chi connectivity index (χ0v) is 67.0. The van der Waals surface area contributed by atoms with Crippen LogP contribution in [0.4, 0.5) is 0 Å². The van der Waals surface area contributed by atoms with Crippen molar-refractivity contribution < 1.29 is 8.83 Å². The first-order valence-corrected chi connectivity index (χ1v) is 42.2. The molecule has 0 unspecified atom stereocenters. The minimum Gasteiger partial charge on any atom is -0.456 e. The SMILES string of the molecule is CC1(C)c2ccccc2-c2ccc(-c3ccc(-n4c5ccc6ccccc6c5c5c6ccccc6ccc54)cc3)cc21.c1ccc(-c2cc3c(c4ccccc24)c2c4ccccc4ccc2n3-c2ccc(-c3cccc4c3oc3ccccc34)cc2)cc1.c1ccc2c(c1)ccc1c2c2c3ccccc3ccc2n1-c1ccc2oc3ccccc3c2c1. The molecule has 1 aliphatic carbocycles. The van der Waals surface area contributed by atoms with Crippen LogP contribution in [0.25, 0.3) is 235 Å². The molecular weight excluding hydrogens is 1480 g/mol. The molecule has 0 spiro atoms. The van der Waals surface area contributed by atoms with Gasteiger partial charge in [-0.3, -0.25) is 0 Å². The maximum Gasteiger partial charge on any atom is 0.143 e. The molecule has 122 heavy (non-hydrogen) atoms. The van der Waals surface area contributed by atoms with E-state index in [0.29, 0.717) is 0 Å². The van der Waals surface area contributed by atoms with Crippen molar-refractivity contribution in [2.75, 3.05) is 0 Å². The number of furan rings is 2. The van der Waals surface area contributed by atoms with Crippen LogP contribution in [-0.4, -0.2) is 13.7 Å². The Morgan fingerprint density at radius 1 is 0.189 bits per heavy atom. The zero-order chi connectivity index (χ0) is 80.4. The molecule has 1 aliphatic rings. The summed E-state index contributed by atoms with van der Waals surface area (Å²) in [5, 5.41) is 27.7. The molecule has 27 rings (SSSR count). The molecule has 5 nitrogen and oxygen atoms in total. The summed E-state index contributed by atoms with van der Waals surface area (Å²) in [5.41, 5.74) is 27.2. The molecular formula is C117H75N3O2. The van der Waals surface area contributed by atoms with Crippen molar-refractivity contribution >= 4 is 174 Å². The summed E-state index contributed by atoms with van der Waals surface area (Å²) in [6, 6.07) is 152. The van der Waals surface area contributed by atoms with Crippen LogP contribution in [0.2, 0.25) is 0 Å². The Hall–Kier alpha value is -15.8. The Morgan fingerprint density at radius 2 is 0.549 bits per heavy atom. The summed E-state index contributed by atoms with van der Waals surface area (Å²) in [6.07, 6.45) is 0. The summed E-state index contributed by atoms with van der Waals surface area (Å²) < 4.78 is 19.8. The first kappa shape index (κ1) is 69.3. The molecule has 0 atom stereocenters. The predicted octanol–water partition coefficient (Wildman–Crippen LogP) is 32.4. The highest BCUT2D eigenvalue weighted by Crippen LogP contribution is 2.52. The molecule has 0 saturated carbocycles. The van der Waals surface area contributed by atoms with Crippen LogP contribution >= 0.6 is 0 Å². The number of hydrogen-bond donors (Lipinski definition) is 0. The Kier molecular flexibility index (Phi) is 15.4. The molecule has 570 valence electrons. The second kappa shape index (κ2) is 27.1.